The third-order valence-corrected chi connectivity index (χ3v) is 3.28. The van der Waals surface area contributed by atoms with Crippen molar-refractivity contribution < 1.29 is 4.74 Å². The molecule has 6 nitrogen and oxygen atoms in total. The van der Waals surface area contributed by atoms with E-state index in [1.54, 1.807) is 11.7 Å². The van der Waals surface area contributed by atoms with Crippen LogP contribution in [0.1, 0.15) is 31.9 Å². The van der Waals surface area contributed by atoms with Crippen LogP contribution in [-0.2, 0) is 20.1 Å². The molecule has 0 saturated heterocycles. The van der Waals surface area contributed by atoms with Crippen molar-refractivity contribution in [1.29, 1.82) is 0 Å². The molecule has 1 aromatic heterocycles. The summed E-state index contributed by atoms with van der Waals surface area (Å²) in [6.07, 6.45) is 3.82. The molecule has 0 aliphatic rings. The molecule has 0 aliphatic carbocycles. The van der Waals surface area contributed by atoms with Gasteiger partial charge in [-0.3, -0.25) is 9.67 Å². The predicted molar refractivity (Wildman–Crippen MR) is 97.1 cm³/mol. The number of guanidine groups is 1. The van der Waals surface area contributed by atoms with Gasteiger partial charge in [-0.05, 0) is 26.8 Å². The molecule has 0 spiro atoms. The molecule has 0 bridgehead atoms. The van der Waals surface area contributed by atoms with Crippen molar-refractivity contribution >= 4 is 5.96 Å². The number of aromatic nitrogens is 2. The minimum atomic E-state index is -0.226. The Hall–Kier alpha value is -2.50. The fourth-order valence-corrected chi connectivity index (χ4v) is 2.23. The lowest BCUT2D eigenvalue weighted by Crippen LogP contribution is -2.36. The first kappa shape index (κ1) is 17.8. The lowest BCUT2D eigenvalue weighted by atomic mass is 10.1. The summed E-state index contributed by atoms with van der Waals surface area (Å²) in [5, 5.41) is 10.8. The number of ether oxygens (including phenoxy) is 1. The molecule has 1 aromatic carbocycles. The zero-order chi connectivity index (χ0) is 17.6. The van der Waals surface area contributed by atoms with Crippen molar-refractivity contribution in [2.45, 2.75) is 39.5 Å². The van der Waals surface area contributed by atoms with E-state index >= 15 is 0 Å². The molecule has 2 N–H and O–H groups in total. The number of aliphatic imine (C=N–C) groups is 1. The van der Waals surface area contributed by atoms with Crippen molar-refractivity contribution in [3.63, 3.8) is 0 Å². The van der Waals surface area contributed by atoms with Crippen LogP contribution in [-0.4, -0.2) is 28.4 Å². The number of aryl methyl sites for hydroxylation is 1. The van der Waals surface area contributed by atoms with Crippen LogP contribution in [0.5, 0.6) is 5.75 Å². The lowest BCUT2D eigenvalue weighted by molar-refractivity contribution is 0.129. The molecule has 0 amide bonds. The zero-order valence-corrected chi connectivity index (χ0v) is 15.1. The second-order valence-electron chi connectivity index (χ2n) is 6.62. The largest absolute Gasteiger partial charge is 0.488 e. The number of para-hydroxylation sites is 1. The lowest BCUT2D eigenvalue weighted by Gasteiger charge is -2.23. The van der Waals surface area contributed by atoms with E-state index in [2.05, 4.69) is 26.8 Å². The second kappa shape index (κ2) is 7.86. The van der Waals surface area contributed by atoms with Crippen molar-refractivity contribution in [2.24, 2.45) is 12.0 Å². The number of benzene rings is 1. The quantitative estimate of drug-likeness (QED) is 0.653. The maximum absolute atomic E-state index is 6.02. The molecule has 0 radical (unpaired) electrons. The van der Waals surface area contributed by atoms with Gasteiger partial charge in [-0.15, -0.1) is 0 Å². The van der Waals surface area contributed by atoms with Gasteiger partial charge in [-0.2, -0.15) is 5.10 Å². The SMILES string of the molecule is CN=C(NCc1cnn(C)c1)NCc1ccccc1OC(C)(C)C. The first-order valence-electron chi connectivity index (χ1n) is 8.06. The monoisotopic (exact) mass is 329 g/mol. The smallest absolute Gasteiger partial charge is 0.191 e. The third-order valence-electron chi connectivity index (χ3n) is 3.28. The Labute approximate surface area is 143 Å². The molecule has 1 heterocycles. The van der Waals surface area contributed by atoms with Gasteiger partial charge in [-0.1, -0.05) is 18.2 Å². The standard InChI is InChI=1S/C18H27N5O/c1-18(2,3)24-16-9-7-6-8-15(16)12-21-17(19-4)20-10-14-11-22-23(5)13-14/h6-9,11,13H,10,12H2,1-5H3,(H2,19,20,21). The van der Waals surface area contributed by atoms with Crippen LogP contribution in [0.3, 0.4) is 0 Å². The molecule has 6 heteroatoms. The van der Waals surface area contributed by atoms with Gasteiger partial charge in [0.1, 0.15) is 11.4 Å². The molecule has 2 rings (SSSR count). The molecule has 0 atom stereocenters. The molecular weight excluding hydrogens is 302 g/mol. The van der Waals surface area contributed by atoms with Crippen molar-refractivity contribution in [3.05, 3.63) is 47.8 Å². The first-order chi connectivity index (χ1) is 11.4. The summed E-state index contributed by atoms with van der Waals surface area (Å²) < 4.78 is 7.80. The van der Waals surface area contributed by atoms with Crippen LogP contribution in [0, 0.1) is 0 Å². The van der Waals surface area contributed by atoms with Crippen molar-refractivity contribution in [3.8, 4) is 5.75 Å². The number of rotatable bonds is 5. The number of hydrogen-bond acceptors (Lipinski definition) is 3. The minimum Gasteiger partial charge on any atom is -0.488 e. The number of hydrogen-bond donors (Lipinski definition) is 2. The Morgan fingerprint density at radius 3 is 2.54 bits per heavy atom. The molecule has 2 aromatic rings. The van der Waals surface area contributed by atoms with Crippen LogP contribution in [0.25, 0.3) is 0 Å². The maximum Gasteiger partial charge on any atom is 0.191 e. The van der Waals surface area contributed by atoms with E-state index in [1.807, 2.05) is 58.4 Å². The summed E-state index contributed by atoms with van der Waals surface area (Å²) in [5.74, 6) is 1.63. The van der Waals surface area contributed by atoms with Crippen molar-refractivity contribution in [2.75, 3.05) is 7.05 Å². The van der Waals surface area contributed by atoms with Gasteiger partial charge in [-0.25, -0.2) is 0 Å². The van der Waals surface area contributed by atoms with E-state index in [0.717, 1.165) is 22.8 Å². The molecule has 0 unspecified atom stereocenters. The van der Waals surface area contributed by atoms with Gasteiger partial charge < -0.3 is 15.4 Å². The van der Waals surface area contributed by atoms with E-state index in [1.165, 1.54) is 0 Å². The highest BCUT2D eigenvalue weighted by Crippen LogP contribution is 2.22. The van der Waals surface area contributed by atoms with E-state index in [0.29, 0.717) is 13.1 Å². The fourth-order valence-electron chi connectivity index (χ4n) is 2.23. The average molecular weight is 329 g/mol. The van der Waals surface area contributed by atoms with Crippen LogP contribution < -0.4 is 15.4 Å². The molecule has 130 valence electrons. The van der Waals surface area contributed by atoms with E-state index in [-0.39, 0.29) is 5.60 Å². The van der Waals surface area contributed by atoms with E-state index in [4.69, 9.17) is 4.74 Å². The first-order valence-corrected chi connectivity index (χ1v) is 8.06. The minimum absolute atomic E-state index is 0.226. The van der Waals surface area contributed by atoms with Crippen LogP contribution >= 0.6 is 0 Å². The van der Waals surface area contributed by atoms with Crippen LogP contribution in [0.2, 0.25) is 0 Å². The number of nitrogens with one attached hydrogen (secondary N) is 2. The highest BCUT2D eigenvalue weighted by Gasteiger charge is 2.14. The summed E-state index contributed by atoms with van der Waals surface area (Å²) in [6, 6.07) is 8.05. The van der Waals surface area contributed by atoms with Gasteiger partial charge in [0.05, 0.1) is 6.20 Å². The van der Waals surface area contributed by atoms with Gasteiger partial charge in [0.2, 0.25) is 0 Å². The topological polar surface area (TPSA) is 63.5 Å². The Morgan fingerprint density at radius 2 is 1.92 bits per heavy atom. The van der Waals surface area contributed by atoms with Gasteiger partial charge in [0, 0.05) is 44.5 Å². The van der Waals surface area contributed by atoms with Crippen LogP contribution in [0.4, 0.5) is 0 Å². The maximum atomic E-state index is 6.02. The second-order valence-corrected chi connectivity index (χ2v) is 6.62. The van der Waals surface area contributed by atoms with Gasteiger partial charge in [0.15, 0.2) is 5.96 Å². The van der Waals surface area contributed by atoms with Gasteiger partial charge in [0.25, 0.3) is 0 Å². The predicted octanol–water partition coefficient (Wildman–Crippen LogP) is 2.46. The molecular formula is C18H27N5O. The fraction of sp³-hybridized carbons (Fsp3) is 0.444. The molecule has 0 saturated carbocycles. The van der Waals surface area contributed by atoms with E-state index in [9.17, 15) is 0 Å². The molecule has 0 fully saturated rings. The Bertz CT molecular complexity index is 685. The molecule has 24 heavy (non-hydrogen) atoms. The van der Waals surface area contributed by atoms with Gasteiger partial charge >= 0.3 is 0 Å². The van der Waals surface area contributed by atoms with Crippen molar-refractivity contribution in [1.82, 2.24) is 20.4 Å². The summed E-state index contributed by atoms with van der Waals surface area (Å²) in [5.41, 5.74) is 1.98. The Morgan fingerprint density at radius 1 is 1.21 bits per heavy atom. The normalized spacial score (nSPS) is 12.1. The summed E-state index contributed by atoms with van der Waals surface area (Å²) in [4.78, 5) is 4.26. The third kappa shape index (κ3) is 5.61. The molecule has 0 aliphatic heterocycles. The zero-order valence-electron chi connectivity index (χ0n) is 15.1. The highest BCUT2D eigenvalue weighted by molar-refractivity contribution is 5.79. The van der Waals surface area contributed by atoms with Crippen LogP contribution in [0.15, 0.2) is 41.7 Å². The summed E-state index contributed by atoms with van der Waals surface area (Å²) >= 11 is 0. The van der Waals surface area contributed by atoms with E-state index < -0.39 is 0 Å². The average Bonchev–Trinajstić information content (AvgIpc) is 2.93. The summed E-state index contributed by atoms with van der Waals surface area (Å²) in [6.45, 7) is 7.45. The summed E-state index contributed by atoms with van der Waals surface area (Å²) in [7, 11) is 3.67. The Balaban J connectivity index is 1.93. The number of nitrogens with zero attached hydrogens (tertiary/aromatic N) is 3. The highest BCUT2D eigenvalue weighted by atomic mass is 16.5. The Kier molecular flexibility index (Phi) is 5.84.